The van der Waals surface area contributed by atoms with Crippen molar-refractivity contribution in [3.63, 3.8) is 0 Å². The second-order valence-corrected chi connectivity index (χ2v) is 3.32. The van der Waals surface area contributed by atoms with Crippen LogP contribution >= 0.6 is 11.6 Å². The van der Waals surface area contributed by atoms with Crippen LogP contribution in [-0.2, 0) is 4.79 Å². The van der Waals surface area contributed by atoms with Crippen molar-refractivity contribution >= 4 is 17.5 Å². The molecule has 0 saturated carbocycles. The lowest BCUT2D eigenvalue weighted by Gasteiger charge is -2.11. The van der Waals surface area contributed by atoms with Crippen molar-refractivity contribution in [2.75, 3.05) is 0 Å². The van der Waals surface area contributed by atoms with E-state index in [4.69, 9.17) is 17.3 Å². The first kappa shape index (κ1) is 12.6. The summed E-state index contributed by atoms with van der Waals surface area (Å²) in [4.78, 5) is 10.7. The van der Waals surface area contributed by atoms with Crippen LogP contribution in [0.5, 0.6) is 5.75 Å². The molecule has 0 aliphatic heterocycles. The molecule has 0 radical (unpaired) electrons. The van der Waals surface area contributed by atoms with Gasteiger partial charge in [0, 0.05) is 0 Å². The molecule has 0 aliphatic carbocycles. The normalized spacial score (nSPS) is 13.2. The predicted molar refractivity (Wildman–Crippen MR) is 50.9 cm³/mol. The lowest BCUT2D eigenvalue weighted by atomic mass is 10.1. The minimum absolute atomic E-state index is 0.149. The third kappa shape index (κ3) is 3.62. The van der Waals surface area contributed by atoms with Crippen LogP contribution in [0.25, 0.3) is 0 Å². The van der Waals surface area contributed by atoms with Crippen LogP contribution in [0, 0.1) is 0 Å². The quantitative estimate of drug-likeness (QED) is 0.841. The van der Waals surface area contributed by atoms with Gasteiger partial charge in [0.15, 0.2) is 0 Å². The van der Waals surface area contributed by atoms with Gasteiger partial charge < -0.3 is 10.5 Å². The fraction of sp³-hybridized carbons (Fsp3) is 0.222. The topological polar surface area (TPSA) is 52.3 Å². The van der Waals surface area contributed by atoms with E-state index in [-0.39, 0.29) is 5.56 Å². The lowest BCUT2D eigenvalue weighted by Crippen LogP contribution is -2.19. The number of ether oxygens (including phenoxy) is 1. The molecule has 0 aromatic heterocycles. The number of rotatable bonds is 3. The van der Waals surface area contributed by atoms with E-state index >= 15 is 0 Å². The summed E-state index contributed by atoms with van der Waals surface area (Å²) in [5.41, 5.74) is 5.06. The van der Waals surface area contributed by atoms with Crippen molar-refractivity contribution in [1.29, 1.82) is 0 Å². The van der Waals surface area contributed by atoms with E-state index in [0.29, 0.717) is 0 Å². The average molecular weight is 254 g/mol. The molecule has 1 unspecified atom stereocenters. The van der Waals surface area contributed by atoms with Gasteiger partial charge >= 0.3 is 6.36 Å². The minimum Gasteiger partial charge on any atom is -0.406 e. The first-order chi connectivity index (χ1) is 7.29. The van der Waals surface area contributed by atoms with Gasteiger partial charge in [0.1, 0.15) is 11.1 Å². The molecule has 0 heterocycles. The monoisotopic (exact) mass is 253 g/mol. The number of carbonyl (C=O) groups is 1. The molecule has 3 nitrogen and oxygen atoms in total. The molecule has 16 heavy (non-hydrogen) atoms. The van der Waals surface area contributed by atoms with Crippen LogP contribution < -0.4 is 10.5 Å². The molecule has 1 rings (SSSR count). The number of primary amides is 1. The van der Waals surface area contributed by atoms with Crippen molar-refractivity contribution in [3.8, 4) is 5.75 Å². The molecule has 88 valence electrons. The molecule has 1 atom stereocenters. The lowest BCUT2D eigenvalue weighted by molar-refractivity contribution is -0.274. The van der Waals surface area contributed by atoms with Crippen LogP contribution in [0.2, 0.25) is 0 Å². The van der Waals surface area contributed by atoms with Crippen molar-refractivity contribution in [3.05, 3.63) is 29.8 Å². The Kier molecular flexibility index (Phi) is 3.64. The van der Waals surface area contributed by atoms with E-state index < -0.39 is 23.4 Å². The molecule has 2 N–H and O–H groups in total. The molecule has 0 aliphatic rings. The largest absolute Gasteiger partial charge is 0.573 e. The van der Waals surface area contributed by atoms with Gasteiger partial charge in [-0.2, -0.15) is 0 Å². The molecule has 0 fully saturated rings. The highest BCUT2D eigenvalue weighted by molar-refractivity contribution is 6.30. The third-order valence-electron chi connectivity index (χ3n) is 1.63. The Morgan fingerprint density at radius 2 is 2.06 bits per heavy atom. The van der Waals surface area contributed by atoms with Gasteiger partial charge in [-0.1, -0.05) is 12.1 Å². The maximum Gasteiger partial charge on any atom is 0.573 e. The molecule has 1 aromatic rings. The summed E-state index contributed by atoms with van der Waals surface area (Å²) in [5, 5.41) is -1.18. The fourth-order valence-electron chi connectivity index (χ4n) is 1.03. The zero-order valence-corrected chi connectivity index (χ0v) is 8.55. The molecule has 0 spiro atoms. The van der Waals surface area contributed by atoms with E-state index in [1.54, 1.807) is 0 Å². The summed E-state index contributed by atoms with van der Waals surface area (Å²) >= 11 is 5.57. The molecule has 1 amide bonds. The maximum absolute atomic E-state index is 11.9. The second-order valence-electron chi connectivity index (χ2n) is 2.89. The number of hydrogen-bond donors (Lipinski definition) is 1. The Balaban J connectivity index is 2.91. The van der Waals surface area contributed by atoms with Gasteiger partial charge in [-0.25, -0.2) is 0 Å². The summed E-state index contributed by atoms with van der Waals surface area (Å²) in [6, 6.07) is 4.78. The van der Waals surface area contributed by atoms with E-state index in [2.05, 4.69) is 4.74 Å². The van der Waals surface area contributed by atoms with Crippen molar-refractivity contribution in [2.24, 2.45) is 5.73 Å². The van der Waals surface area contributed by atoms with Gasteiger partial charge in [-0.05, 0) is 17.7 Å². The molecular formula is C9H7ClF3NO2. The van der Waals surface area contributed by atoms with Crippen LogP contribution in [0.15, 0.2) is 24.3 Å². The predicted octanol–water partition coefficient (Wildman–Crippen LogP) is 2.35. The number of alkyl halides is 4. The Labute approximate surface area is 93.9 Å². The highest BCUT2D eigenvalue weighted by atomic mass is 35.5. The number of hydrogen-bond acceptors (Lipinski definition) is 2. The van der Waals surface area contributed by atoms with Crippen molar-refractivity contribution in [1.82, 2.24) is 0 Å². The highest BCUT2D eigenvalue weighted by Crippen LogP contribution is 2.27. The van der Waals surface area contributed by atoms with E-state index in [1.165, 1.54) is 12.1 Å². The van der Waals surface area contributed by atoms with E-state index in [0.717, 1.165) is 12.1 Å². The van der Waals surface area contributed by atoms with E-state index in [9.17, 15) is 18.0 Å². The Bertz CT molecular complexity index is 395. The standard InChI is InChI=1S/C9H7ClF3NO2/c10-7(8(14)15)5-2-1-3-6(4-5)16-9(11,12)13/h1-4,7H,(H2,14,15). The van der Waals surface area contributed by atoms with Gasteiger partial charge in [-0.15, -0.1) is 24.8 Å². The first-order valence-electron chi connectivity index (χ1n) is 4.08. The average Bonchev–Trinajstić information content (AvgIpc) is 2.14. The maximum atomic E-state index is 11.9. The SMILES string of the molecule is NC(=O)C(Cl)c1cccc(OC(F)(F)F)c1. The van der Waals surface area contributed by atoms with E-state index in [1.807, 2.05) is 0 Å². The highest BCUT2D eigenvalue weighted by Gasteiger charge is 2.31. The fourth-order valence-corrected chi connectivity index (χ4v) is 1.17. The first-order valence-corrected chi connectivity index (χ1v) is 4.52. The van der Waals surface area contributed by atoms with Gasteiger partial charge in [-0.3, -0.25) is 4.79 Å². The summed E-state index contributed by atoms with van der Waals surface area (Å²) in [6.45, 7) is 0. The molecular weight excluding hydrogens is 247 g/mol. The molecule has 1 aromatic carbocycles. The Morgan fingerprint density at radius 1 is 1.44 bits per heavy atom. The van der Waals surface area contributed by atoms with Gasteiger partial charge in [0.25, 0.3) is 0 Å². The zero-order chi connectivity index (χ0) is 12.3. The van der Waals surface area contributed by atoms with Crippen LogP contribution in [0.1, 0.15) is 10.9 Å². The minimum atomic E-state index is -4.78. The molecule has 0 bridgehead atoms. The van der Waals surface area contributed by atoms with Crippen molar-refractivity contribution in [2.45, 2.75) is 11.7 Å². The number of amides is 1. The van der Waals surface area contributed by atoms with Crippen LogP contribution in [-0.4, -0.2) is 12.3 Å². The summed E-state index contributed by atoms with van der Waals surface area (Å²) < 4.78 is 39.3. The van der Waals surface area contributed by atoms with Gasteiger partial charge in [0.05, 0.1) is 0 Å². The molecule has 7 heteroatoms. The number of carbonyl (C=O) groups excluding carboxylic acids is 1. The van der Waals surface area contributed by atoms with Crippen LogP contribution in [0.4, 0.5) is 13.2 Å². The number of benzene rings is 1. The third-order valence-corrected chi connectivity index (χ3v) is 2.10. The summed E-state index contributed by atoms with van der Waals surface area (Å²) in [7, 11) is 0. The zero-order valence-electron chi connectivity index (χ0n) is 7.79. The van der Waals surface area contributed by atoms with Gasteiger partial charge in [0.2, 0.25) is 5.91 Å². The Hall–Kier alpha value is -1.43. The smallest absolute Gasteiger partial charge is 0.406 e. The van der Waals surface area contributed by atoms with Crippen molar-refractivity contribution < 1.29 is 22.7 Å². The second kappa shape index (κ2) is 4.61. The summed E-state index contributed by atoms with van der Waals surface area (Å²) in [5.74, 6) is -1.29. The number of halogens is 4. The van der Waals surface area contributed by atoms with Crippen LogP contribution in [0.3, 0.4) is 0 Å². The number of nitrogens with two attached hydrogens (primary N) is 1. The molecule has 0 saturated heterocycles. The Morgan fingerprint density at radius 3 is 2.56 bits per heavy atom. The summed E-state index contributed by atoms with van der Waals surface area (Å²) in [6.07, 6.45) is -4.78.